The van der Waals surface area contributed by atoms with Crippen molar-refractivity contribution in [3.05, 3.63) is 101 Å². The summed E-state index contributed by atoms with van der Waals surface area (Å²) in [6, 6.07) is 21.4. The van der Waals surface area contributed by atoms with Gasteiger partial charge in [0.25, 0.3) is 5.91 Å². The van der Waals surface area contributed by atoms with Crippen LogP contribution < -0.4 is 10.1 Å². The summed E-state index contributed by atoms with van der Waals surface area (Å²) in [5, 5.41) is 3.91. The molecule has 148 valence electrons. The van der Waals surface area contributed by atoms with E-state index >= 15 is 0 Å². The number of carbonyl (C=O) groups excluding carboxylic acids is 1. The molecular formula is C23H15Cl2N3O2. The Morgan fingerprint density at radius 3 is 2.20 bits per heavy atom. The molecule has 0 bridgehead atoms. The van der Waals surface area contributed by atoms with E-state index in [2.05, 4.69) is 15.3 Å². The molecule has 0 aliphatic heterocycles. The zero-order chi connectivity index (χ0) is 20.9. The average Bonchev–Trinajstić information content (AvgIpc) is 2.77. The Morgan fingerprint density at radius 2 is 1.50 bits per heavy atom. The molecule has 0 spiro atoms. The first kappa shape index (κ1) is 19.9. The van der Waals surface area contributed by atoms with Crippen molar-refractivity contribution >= 4 is 34.8 Å². The van der Waals surface area contributed by atoms with Crippen molar-refractivity contribution in [2.45, 2.75) is 0 Å². The second-order valence-corrected chi connectivity index (χ2v) is 7.18. The molecule has 1 amide bonds. The summed E-state index contributed by atoms with van der Waals surface area (Å²) in [5.74, 6) is 1.24. The van der Waals surface area contributed by atoms with Crippen LogP contribution in [0, 0.1) is 0 Å². The highest BCUT2D eigenvalue weighted by atomic mass is 35.5. The average molecular weight is 436 g/mol. The minimum absolute atomic E-state index is 0.304. The fourth-order valence-electron chi connectivity index (χ4n) is 2.69. The van der Waals surface area contributed by atoms with E-state index in [-0.39, 0.29) is 5.91 Å². The third kappa shape index (κ3) is 4.76. The highest BCUT2D eigenvalue weighted by molar-refractivity contribution is 6.31. The maximum Gasteiger partial charge on any atom is 0.258 e. The van der Waals surface area contributed by atoms with Gasteiger partial charge >= 0.3 is 0 Å². The maximum atomic E-state index is 12.7. The molecular weight excluding hydrogens is 421 g/mol. The van der Waals surface area contributed by atoms with Gasteiger partial charge in [-0.1, -0.05) is 41.4 Å². The summed E-state index contributed by atoms with van der Waals surface area (Å²) in [4.78, 5) is 21.3. The number of anilines is 1. The van der Waals surface area contributed by atoms with Crippen molar-refractivity contribution in [1.82, 2.24) is 9.97 Å². The molecule has 0 unspecified atom stereocenters. The number of nitrogens with zero attached hydrogens (tertiary/aromatic N) is 2. The first-order valence-corrected chi connectivity index (χ1v) is 9.76. The van der Waals surface area contributed by atoms with E-state index in [4.69, 9.17) is 27.9 Å². The van der Waals surface area contributed by atoms with Gasteiger partial charge in [-0.15, -0.1) is 0 Å². The van der Waals surface area contributed by atoms with Gasteiger partial charge in [0.1, 0.15) is 5.75 Å². The van der Waals surface area contributed by atoms with Crippen LogP contribution in [0.4, 0.5) is 5.69 Å². The summed E-state index contributed by atoms with van der Waals surface area (Å²) < 4.78 is 5.87. The van der Waals surface area contributed by atoms with Crippen LogP contribution in [0.3, 0.4) is 0 Å². The Kier molecular flexibility index (Phi) is 5.93. The molecule has 0 fully saturated rings. The highest BCUT2D eigenvalue weighted by Gasteiger charge is 2.13. The first-order valence-electron chi connectivity index (χ1n) is 9.00. The Balaban J connectivity index is 1.53. The van der Waals surface area contributed by atoms with Crippen molar-refractivity contribution in [2.75, 3.05) is 5.32 Å². The van der Waals surface area contributed by atoms with Gasteiger partial charge < -0.3 is 10.1 Å². The predicted molar refractivity (Wildman–Crippen MR) is 118 cm³/mol. The maximum absolute atomic E-state index is 12.7. The molecule has 1 heterocycles. The topological polar surface area (TPSA) is 64.1 Å². The molecule has 0 atom stereocenters. The Hall–Kier alpha value is -3.41. The molecule has 30 heavy (non-hydrogen) atoms. The van der Waals surface area contributed by atoms with Gasteiger partial charge in [0.2, 0.25) is 0 Å². The molecule has 7 heteroatoms. The standard InChI is InChI=1S/C23H15Cl2N3O2/c24-17-8-6-15(7-9-17)22-26-13-16(14-27-22)23(29)28-20-12-18(25)10-11-21(20)30-19-4-2-1-3-5-19/h1-14H,(H,28,29). The summed E-state index contributed by atoms with van der Waals surface area (Å²) >= 11 is 12.0. The number of aromatic nitrogens is 2. The van der Waals surface area contributed by atoms with Gasteiger partial charge in [-0.2, -0.15) is 0 Å². The number of ether oxygens (including phenoxy) is 1. The molecule has 0 saturated heterocycles. The molecule has 4 rings (SSSR count). The summed E-state index contributed by atoms with van der Waals surface area (Å²) in [7, 11) is 0. The Labute approximate surface area is 183 Å². The molecule has 0 aliphatic carbocycles. The Morgan fingerprint density at radius 1 is 0.833 bits per heavy atom. The van der Waals surface area contributed by atoms with Crippen LogP contribution in [-0.2, 0) is 0 Å². The number of nitrogens with one attached hydrogen (secondary N) is 1. The number of benzene rings is 3. The summed E-state index contributed by atoms with van der Waals surface area (Å²) in [6.07, 6.45) is 2.93. The fourth-order valence-corrected chi connectivity index (χ4v) is 2.99. The lowest BCUT2D eigenvalue weighted by atomic mass is 10.2. The van der Waals surface area contributed by atoms with Crippen molar-refractivity contribution in [1.29, 1.82) is 0 Å². The summed E-state index contributed by atoms with van der Waals surface area (Å²) in [6.45, 7) is 0. The number of para-hydroxylation sites is 1. The van der Waals surface area contributed by atoms with Gasteiger partial charge in [-0.25, -0.2) is 9.97 Å². The molecule has 0 aliphatic rings. The SMILES string of the molecule is O=C(Nc1cc(Cl)ccc1Oc1ccccc1)c1cnc(-c2ccc(Cl)cc2)nc1. The van der Waals surface area contributed by atoms with Crippen LogP contribution in [0.5, 0.6) is 11.5 Å². The van der Waals surface area contributed by atoms with Gasteiger partial charge in [-0.3, -0.25) is 4.79 Å². The Bertz CT molecular complexity index is 1170. The number of halogens is 2. The minimum atomic E-state index is -0.377. The molecule has 0 saturated carbocycles. The van der Waals surface area contributed by atoms with Crippen molar-refractivity contribution in [3.8, 4) is 22.9 Å². The molecule has 5 nitrogen and oxygen atoms in total. The smallest absolute Gasteiger partial charge is 0.258 e. The van der Waals surface area contributed by atoms with Crippen molar-refractivity contribution in [2.24, 2.45) is 0 Å². The van der Waals surface area contributed by atoms with Gasteiger partial charge in [0, 0.05) is 28.0 Å². The van der Waals surface area contributed by atoms with E-state index in [9.17, 15) is 4.79 Å². The van der Waals surface area contributed by atoms with E-state index in [0.29, 0.717) is 38.6 Å². The molecule has 0 radical (unpaired) electrons. The lowest BCUT2D eigenvalue weighted by molar-refractivity contribution is 0.102. The lowest BCUT2D eigenvalue weighted by Crippen LogP contribution is -2.13. The zero-order valence-electron chi connectivity index (χ0n) is 15.5. The zero-order valence-corrected chi connectivity index (χ0v) is 17.1. The first-order chi connectivity index (χ1) is 14.6. The molecule has 1 aromatic heterocycles. The number of hydrogen-bond donors (Lipinski definition) is 1. The van der Waals surface area contributed by atoms with Crippen molar-refractivity contribution in [3.63, 3.8) is 0 Å². The number of hydrogen-bond acceptors (Lipinski definition) is 4. The van der Waals surface area contributed by atoms with Crippen LogP contribution in [0.25, 0.3) is 11.4 Å². The van der Waals surface area contributed by atoms with Crippen LogP contribution in [0.2, 0.25) is 10.0 Å². The van der Waals surface area contributed by atoms with Crippen molar-refractivity contribution < 1.29 is 9.53 Å². The molecule has 4 aromatic rings. The molecule has 3 aromatic carbocycles. The van der Waals surface area contributed by atoms with E-state index < -0.39 is 0 Å². The molecule has 1 N–H and O–H groups in total. The van der Waals surface area contributed by atoms with E-state index in [1.165, 1.54) is 12.4 Å². The van der Waals surface area contributed by atoms with Crippen LogP contribution in [0.15, 0.2) is 85.2 Å². The van der Waals surface area contributed by atoms with E-state index in [1.54, 1.807) is 30.3 Å². The van der Waals surface area contributed by atoms with Crippen LogP contribution in [0.1, 0.15) is 10.4 Å². The monoisotopic (exact) mass is 435 g/mol. The lowest BCUT2D eigenvalue weighted by Gasteiger charge is -2.13. The third-order valence-corrected chi connectivity index (χ3v) is 4.66. The quantitative estimate of drug-likeness (QED) is 0.388. The van der Waals surface area contributed by atoms with Gasteiger partial charge in [-0.05, 0) is 54.6 Å². The van der Waals surface area contributed by atoms with Gasteiger partial charge in [0.15, 0.2) is 11.6 Å². The third-order valence-electron chi connectivity index (χ3n) is 4.18. The highest BCUT2D eigenvalue weighted by Crippen LogP contribution is 2.32. The van der Waals surface area contributed by atoms with E-state index in [1.807, 2.05) is 42.5 Å². The minimum Gasteiger partial charge on any atom is -0.455 e. The predicted octanol–water partition coefficient (Wildman–Crippen LogP) is 6.50. The summed E-state index contributed by atoms with van der Waals surface area (Å²) in [5.41, 5.74) is 1.55. The normalized spacial score (nSPS) is 10.5. The second-order valence-electron chi connectivity index (χ2n) is 6.31. The van der Waals surface area contributed by atoms with Crippen LogP contribution in [-0.4, -0.2) is 15.9 Å². The van der Waals surface area contributed by atoms with E-state index in [0.717, 1.165) is 5.56 Å². The van der Waals surface area contributed by atoms with Crippen LogP contribution >= 0.6 is 23.2 Å². The number of amides is 1. The van der Waals surface area contributed by atoms with Gasteiger partial charge in [0.05, 0.1) is 11.3 Å². The largest absolute Gasteiger partial charge is 0.455 e. The fraction of sp³-hybridized carbons (Fsp3) is 0. The number of carbonyl (C=O) groups is 1. The number of rotatable bonds is 5. The second kappa shape index (κ2) is 8.95.